The van der Waals surface area contributed by atoms with Crippen LogP contribution in [-0.4, -0.2) is 30.3 Å². The predicted octanol–water partition coefficient (Wildman–Crippen LogP) is 3.20. The number of hydrogen-bond donors (Lipinski definition) is 1. The van der Waals surface area contributed by atoms with Gasteiger partial charge in [-0.05, 0) is 29.7 Å². The average Bonchev–Trinajstić information content (AvgIpc) is 3.09. The molecular weight excluding hydrogens is 326 g/mol. The number of rotatable bonds is 7. The smallest absolute Gasteiger partial charge is 0.306 e. The SMILES string of the molecule is C[C@@H]1[C@H](C)CCC[C@@H]1NC(=O)COC(=O)CCC(=O)c1cccs1. The molecule has 1 amide bonds. The van der Waals surface area contributed by atoms with Crippen molar-refractivity contribution >= 4 is 29.0 Å². The van der Waals surface area contributed by atoms with Gasteiger partial charge in [-0.1, -0.05) is 32.8 Å². The van der Waals surface area contributed by atoms with E-state index in [0.29, 0.717) is 16.7 Å². The molecule has 24 heavy (non-hydrogen) atoms. The fourth-order valence-corrected chi connectivity index (χ4v) is 3.72. The molecule has 1 aromatic rings. The molecule has 1 aromatic heterocycles. The van der Waals surface area contributed by atoms with Crippen LogP contribution in [0.4, 0.5) is 0 Å². The summed E-state index contributed by atoms with van der Waals surface area (Å²) in [6.45, 7) is 4.08. The van der Waals surface area contributed by atoms with Crippen LogP contribution in [0.3, 0.4) is 0 Å². The minimum Gasteiger partial charge on any atom is -0.456 e. The zero-order chi connectivity index (χ0) is 17.5. The van der Waals surface area contributed by atoms with Gasteiger partial charge >= 0.3 is 5.97 Å². The lowest BCUT2D eigenvalue weighted by molar-refractivity contribution is -0.148. The van der Waals surface area contributed by atoms with Crippen molar-refractivity contribution in [1.29, 1.82) is 0 Å². The summed E-state index contributed by atoms with van der Waals surface area (Å²) in [4.78, 5) is 36.1. The van der Waals surface area contributed by atoms with Crippen LogP contribution in [0.1, 0.15) is 55.6 Å². The van der Waals surface area contributed by atoms with Gasteiger partial charge in [0.15, 0.2) is 12.4 Å². The molecule has 0 bridgehead atoms. The molecule has 1 N–H and O–H groups in total. The Hall–Kier alpha value is -1.69. The number of esters is 1. The van der Waals surface area contributed by atoms with Gasteiger partial charge in [0, 0.05) is 12.5 Å². The molecule has 0 spiro atoms. The van der Waals surface area contributed by atoms with E-state index in [1.807, 2.05) is 5.38 Å². The molecule has 0 radical (unpaired) electrons. The van der Waals surface area contributed by atoms with E-state index in [4.69, 9.17) is 4.74 Å². The first-order valence-corrected chi connectivity index (χ1v) is 9.37. The molecule has 0 aromatic carbocycles. The van der Waals surface area contributed by atoms with E-state index in [9.17, 15) is 14.4 Å². The van der Waals surface area contributed by atoms with E-state index >= 15 is 0 Å². The van der Waals surface area contributed by atoms with Crippen LogP contribution in [0.15, 0.2) is 17.5 Å². The molecule has 132 valence electrons. The summed E-state index contributed by atoms with van der Waals surface area (Å²) in [5.41, 5.74) is 0. The summed E-state index contributed by atoms with van der Waals surface area (Å²) < 4.78 is 4.98. The van der Waals surface area contributed by atoms with Crippen molar-refractivity contribution in [2.24, 2.45) is 11.8 Å². The summed E-state index contributed by atoms with van der Waals surface area (Å²) in [5.74, 6) is 0.173. The van der Waals surface area contributed by atoms with E-state index < -0.39 is 5.97 Å². The van der Waals surface area contributed by atoms with Crippen LogP contribution < -0.4 is 5.32 Å². The van der Waals surface area contributed by atoms with Crippen molar-refractivity contribution in [3.8, 4) is 0 Å². The van der Waals surface area contributed by atoms with Crippen molar-refractivity contribution < 1.29 is 19.1 Å². The molecule has 6 heteroatoms. The van der Waals surface area contributed by atoms with Crippen LogP contribution in [0.5, 0.6) is 0 Å². The van der Waals surface area contributed by atoms with E-state index in [-0.39, 0.29) is 37.2 Å². The Morgan fingerprint density at radius 1 is 1.25 bits per heavy atom. The summed E-state index contributed by atoms with van der Waals surface area (Å²) in [7, 11) is 0. The number of Topliss-reactive ketones (excluding diaryl/α,β-unsaturated/α-hetero) is 1. The fourth-order valence-electron chi connectivity index (χ4n) is 3.03. The van der Waals surface area contributed by atoms with Gasteiger partial charge in [0.25, 0.3) is 5.91 Å². The molecule has 2 rings (SSSR count). The quantitative estimate of drug-likeness (QED) is 0.605. The molecule has 1 heterocycles. The molecule has 1 saturated carbocycles. The molecule has 5 nitrogen and oxygen atoms in total. The highest BCUT2D eigenvalue weighted by Crippen LogP contribution is 2.29. The molecule has 1 fully saturated rings. The van der Waals surface area contributed by atoms with Crippen molar-refractivity contribution in [3.63, 3.8) is 0 Å². The highest BCUT2D eigenvalue weighted by atomic mass is 32.1. The number of carbonyl (C=O) groups is 3. The second kappa shape index (κ2) is 8.97. The zero-order valence-electron chi connectivity index (χ0n) is 14.2. The number of carbonyl (C=O) groups excluding carboxylic acids is 3. The average molecular weight is 351 g/mol. The normalized spacial score (nSPS) is 23.5. The minimum atomic E-state index is -0.514. The third-order valence-electron chi connectivity index (χ3n) is 4.77. The number of hydrogen-bond acceptors (Lipinski definition) is 5. The Morgan fingerprint density at radius 2 is 2.04 bits per heavy atom. The summed E-state index contributed by atoms with van der Waals surface area (Å²) >= 11 is 1.35. The van der Waals surface area contributed by atoms with Gasteiger partial charge < -0.3 is 10.1 Å². The molecule has 1 aliphatic carbocycles. The summed E-state index contributed by atoms with van der Waals surface area (Å²) in [6.07, 6.45) is 3.39. The first kappa shape index (κ1) is 18.6. The van der Waals surface area contributed by atoms with Gasteiger partial charge in [-0.2, -0.15) is 0 Å². The van der Waals surface area contributed by atoms with E-state index in [1.54, 1.807) is 12.1 Å². The van der Waals surface area contributed by atoms with Crippen LogP contribution in [-0.2, 0) is 14.3 Å². The Morgan fingerprint density at radius 3 is 2.75 bits per heavy atom. The van der Waals surface area contributed by atoms with E-state index in [2.05, 4.69) is 19.2 Å². The maximum Gasteiger partial charge on any atom is 0.306 e. The summed E-state index contributed by atoms with van der Waals surface area (Å²) in [5, 5.41) is 4.78. The molecule has 1 aliphatic rings. The second-order valence-electron chi connectivity index (χ2n) is 6.50. The van der Waals surface area contributed by atoms with Crippen molar-refractivity contribution in [1.82, 2.24) is 5.32 Å². The monoisotopic (exact) mass is 351 g/mol. The highest BCUT2D eigenvalue weighted by molar-refractivity contribution is 7.12. The van der Waals surface area contributed by atoms with Crippen molar-refractivity contribution in [2.75, 3.05) is 6.61 Å². The third-order valence-corrected chi connectivity index (χ3v) is 5.68. The lowest BCUT2D eigenvalue weighted by Gasteiger charge is -2.34. The number of thiophene rings is 1. The minimum absolute atomic E-state index is 0.000872. The maximum absolute atomic E-state index is 11.9. The first-order chi connectivity index (χ1) is 11.5. The number of amides is 1. The Labute approximate surface area is 146 Å². The van der Waals surface area contributed by atoms with Gasteiger partial charge in [0.1, 0.15) is 0 Å². The van der Waals surface area contributed by atoms with Crippen molar-refractivity contribution in [2.45, 2.75) is 52.0 Å². The predicted molar refractivity (Wildman–Crippen MR) is 93.0 cm³/mol. The Bertz CT molecular complexity index is 570. The number of ether oxygens (including phenoxy) is 1. The Balaban J connectivity index is 1.66. The lowest BCUT2D eigenvalue weighted by Crippen LogP contribution is -2.45. The summed E-state index contributed by atoms with van der Waals surface area (Å²) in [6, 6.07) is 3.69. The van der Waals surface area contributed by atoms with Gasteiger partial charge in [-0.25, -0.2) is 0 Å². The third kappa shape index (κ3) is 5.44. The molecule has 0 unspecified atom stereocenters. The van der Waals surface area contributed by atoms with Crippen LogP contribution >= 0.6 is 11.3 Å². The standard InChI is InChI=1S/C18H25NO4S/c1-12-5-3-6-14(13(12)2)19-17(21)11-23-18(22)9-8-15(20)16-7-4-10-24-16/h4,7,10,12-14H,3,5-6,8-9,11H2,1-2H3,(H,19,21)/t12-,13-,14+/m1/s1. The zero-order valence-corrected chi connectivity index (χ0v) is 15.1. The van der Waals surface area contributed by atoms with Crippen LogP contribution in [0.2, 0.25) is 0 Å². The number of ketones is 1. The molecular formula is C18H25NO4S. The largest absolute Gasteiger partial charge is 0.456 e. The second-order valence-corrected chi connectivity index (χ2v) is 7.45. The van der Waals surface area contributed by atoms with Gasteiger partial charge in [0.05, 0.1) is 11.3 Å². The first-order valence-electron chi connectivity index (χ1n) is 8.49. The topological polar surface area (TPSA) is 72.5 Å². The Kier molecular flexibility index (Phi) is 6.97. The highest BCUT2D eigenvalue weighted by Gasteiger charge is 2.28. The van der Waals surface area contributed by atoms with Crippen LogP contribution in [0.25, 0.3) is 0 Å². The van der Waals surface area contributed by atoms with E-state index in [1.165, 1.54) is 17.8 Å². The van der Waals surface area contributed by atoms with Crippen LogP contribution in [0, 0.1) is 11.8 Å². The van der Waals surface area contributed by atoms with E-state index in [0.717, 1.165) is 12.8 Å². The van der Waals surface area contributed by atoms with Gasteiger partial charge in [0.2, 0.25) is 0 Å². The fraction of sp³-hybridized carbons (Fsp3) is 0.611. The maximum atomic E-state index is 11.9. The molecule has 0 aliphatic heterocycles. The van der Waals surface area contributed by atoms with Crippen molar-refractivity contribution in [3.05, 3.63) is 22.4 Å². The molecule has 3 atom stereocenters. The number of nitrogens with one attached hydrogen (secondary N) is 1. The van der Waals surface area contributed by atoms with Gasteiger partial charge in [-0.15, -0.1) is 11.3 Å². The lowest BCUT2D eigenvalue weighted by atomic mass is 9.78. The van der Waals surface area contributed by atoms with Gasteiger partial charge in [-0.3, -0.25) is 14.4 Å². The molecule has 0 saturated heterocycles.